The van der Waals surface area contributed by atoms with Gasteiger partial charge in [-0.3, -0.25) is 9.59 Å². The maximum atomic E-state index is 12.9. The first-order valence-corrected chi connectivity index (χ1v) is 9.67. The molecule has 0 saturated heterocycles. The van der Waals surface area contributed by atoms with Crippen molar-refractivity contribution in [2.75, 3.05) is 18.0 Å². The number of rotatable bonds is 7. The maximum Gasteiger partial charge on any atom is 0.230 e. The van der Waals surface area contributed by atoms with Gasteiger partial charge in [0.15, 0.2) is 0 Å². The van der Waals surface area contributed by atoms with Crippen LogP contribution >= 0.6 is 0 Å². The zero-order chi connectivity index (χ0) is 18.2. The molecule has 1 aliphatic carbocycles. The Balaban J connectivity index is 1.84. The van der Waals surface area contributed by atoms with Gasteiger partial charge in [0.05, 0.1) is 0 Å². The Morgan fingerprint density at radius 2 is 1.68 bits per heavy atom. The molecular weight excluding hydrogens is 312 g/mol. The fourth-order valence-electron chi connectivity index (χ4n) is 3.52. The van der Waals surface area contributed by atoms with Crippen LogP contribution in [-0.2, 0) is 9.59 Å². The Labute approximate surface area is 152 Å². The Kier molecular flexibility index (Phi) is 7.48. The number of amides is 2. The third kappa shape index (κ3) is 5.58. The van der Waals surface area contributed by atoms with Crippen LogP contribution in [0.4, 0.5) is 5.69 Å². The molecule has 4 nitrogen and oxygen atoms in total. The molecule has 25 heavy (non-hydrogen) atoms. The first kappa shape index (κ1) is 19.5. The van der Waals surface area contributed by atoms with Crippen LogP contribution in [-0.4, -0.2) is 24.9 Å². The van der Waals surface area contributed by atoms with Crippen molar-refractivity contribution in [2.24, 2.45) is 17.8 Å². The van der Waals surface area contributed by atoms with Gasteiger partial charge in [0.2, 0.25) is 11.8 Å². The molecule has 1 N–H and O–H groups in total. The fraction of sp³-hybridized carbons (Fsp3) is 0.619. The molecule has 4 heteroatoms. The van der Waals surface area contributed by atoms with E-state index in [-0.39, 0.29) is 23.7 Å². The summed E-state index contributed by atoms with van der Waals surface area (Å²) in [6, 6.07) is 9.85. The third-order valence-corrected chi connectivity index (χ3v) is 5.12. The second kappa shape index (κ2) is 9.59. The molecule has 2 amide bonds. The summed E-state index contributed by atoms with van der Waals surface area (Å²) < 4.78 is 0. The summed E-state index contributed by atoms with van der Waals surface area (Å²) in [5.74, 6) is 1.09. The van der Waals surface area contributed by atoms with Crippen LogP contribution in [0.5, 0.6) is 0 Å². The molecule has 0 bridgehead atoms. The standard InChI is InChI=1S/C21H32N2O2/c1-4-23(19-8-6-5-7-9-19)21(25)18-12-10-17(11-13-18)20(24)22-15-14-16(2)3/h5-9,16-18H,4,10-15H2,1-3H3,(H,22,24). The summed E-state index contributed by atoms with van der Waals surface area (Å²) in [4.78, 5) is 27.0. The monoisotopic (exact) mass is 344 g/mol. The lowest BCUT2D eigenvalue weighted by atomic mass is 9.80. The van der Waals surface area contributed by atoms with Gasteiger partial charge in [0.25, 0.3) is 0 Å². The normalized spacial score (nSPS) is 20.3. The van der Waals surface area contributed by atoms with E-state index < -0.39 is 0 Å². The topological polar surface area (TPSA) is 49.4 Å². The highest BCUT2D eigenvalue weighted by Crippen LogP contribution is 2.31. The van der Waals surface area contributed by atoms with Crippen molar-refractivity contribution < 1.29 is 9.59 Å². The maximum absolute atomic E-state index is 12.9. The van der Waals surface area contributed by atoms with Crippen LogP contribution in [0.1, 0.15) is 52.9 Å². The molecule has 1 aliphatic rings. The molecule has 0 unspecified atom stereocenters. The van der Waals surface area contributed by atoms with Crippen LogP contribution in [0.2, 0.25) is 0 Å². The average Bonchev–Trinajstić information content (AvgIpc) is 2.63. The summed E-state index contributed by atoms with van der Waals surface area (Å²) in [6.45, 7) is 7.77. The largest absolute Gasteiger partial charge is 0.356 e. The van der Waals surface area contributed by atoms with Gasteiger partial charge < -0.3 is 10.2 Å². The van der Waals surface area contributed by atoms with E-state index in [1.54, 1.807) is 0 Å². The van der Waals surface area contributed by atoms with E-state index >= 15 is 0 Å². The smallest absolute Gasteiger partial charge is 0.230 e. The zero-order valence-electron chi connectivity index (χ0n) is 15.8. The van der Waals surface area contributed by atoms with Crippen molar-refractivity contribution in [3.05, 3.63) is 30.3 Å². The minimum Gasteiger partial charge on any atom is -0.356 e. The Hall–Kier alpha value is -1.84. The summed E-state index contributed by atoms with van der Waals surface area (Å²) in [5, 5.41) is 3.05. The molecule has 1 aromatic carbocycles. The molecule has 2 rings (SSSR count). The lowest BCUT2D eigenvalue weighted by Crippen LogP contribution is -2.40. The summed E-state index contributed by atoms with van der Waals surface area (Å²) in [7, 11) is 0. The molecule has 0 aliphatic heterocycles. The van der Waals surface area contributed by atoms with Crippen LogP contribution < -0.4 is 10.2 Å². The number of hydrogen-bond donors (Lipinski definition) is 1. The molecule has 1 aromatic rings. The Morgan fingerprint density at radius 3 is 2.24 bits per heavy atom. The molecule has 0 atom stereocenters. The number of anilines is 1. The van der Waals surface area contributed by atoms with Crippen molar-refractivity contribution in [2.45, 2.75) is 52.9 Å². The van der Waals surface area contributed by atoms with E-state index in [0.717, 1.165) is 44.3 Å². The molecule has 0 radical (unpaired) electrons. The number of hydrogen-bond acceptors (Lipinski definition) is 2. The number of nitrogens with one attached hydrogen (secondary N) is 1. The predicted octanol–water partition coefficient (Wildman–Crippen LogP) is 4.01. The first-order valence-electron chi connectivity index (χ1n) is 9.67. The van der Waals surface area contributed by atoms with Crippen molar-refractivity contribution in [1.29, 1.82) is 0 Å². The highest BCUT2D eigenvalue weighted by Gasteiger charge is 2.32. The number of benzene rings is 1. The Morgan fingerprint density at radius 1 is 1.08 bits per heavy atom. The SMILES string of the molecule is CCN(C(=O)C1CCC(C(=O)NCCC(C)C)CC1)c1ccccc1. The minimum atomic E-state index is 0.0415. The number of para-hydroxylation sites is 1. The zero-order valence-corrected chi connectivity index (χ0v) is 15.8. The van der Waals surface area contributed by atoms with Gasteiger partial charge in [-0.25, -0.2) is 0 Å². The average molecular weight is 344 g/mol. The first-order chi connectivity index (χ1) is 12.0. The summed E-state index contributed by atoms with van der Waals surface area (Å²) >= 11 is 0. The molecule has 1 saturated carbocycles. The molecule has 0 aromatic heterocycles. The third-order valence-electron chi connectivity index (χ3n) is 5.12. The lowest BCUT2D eigenvalue weighted by molar-refractivity contribution is -0.129. The van der Waals surface area contributed by atoms with Gasteiger partial charge in [-0.2, -0.15) is 0 Å². The van der Waals surface area contributed by atoms with Crippen LogP contribution in [0, 0.1) is 17.8 Å². The van der Waals surface area contributed by atoms with E-state index in [4.69, 9.17) is 0 Å². The lowest BCUT2D eigenvalue weighted by Gasteiger charge is -2.31. The van der Waals surface area contributed by atoms with E-state index in [0.29, 0.717) is 12.5 Å². The van der Waals surface area contributed by atoms with E-state index in [9.17, 15) is 9.59 Å². The van der Waals surface area contributed by atoms with Crippen molar-refractivity contribution in [3.63, 3.8) is 0 Å². The van der Waals surface area contributed by atoms with Crippen LogP contribution in [0.15, 0.2) is 30.3 Å². The van der Waals surface area contributed by atoms with Gasteiger partial charge in [-0.15, -0.1) is 0 Å². The van der Waals surface area contributed by atoms with E-state index in [1.807, 2.05) is 42.2 Å². The number of carbonyl (C=O) groups is 2. The highest BCUT2D eigenvalue weighted by atomic mass is 16.2. The second-order valence-electron chi connectivity index (χ2n) is 7.44. The second-order valence-corrected chi connectivity index (χ2v) is 7.44. The van der Waals surface area contributed by atoms with Gasteiger partial charge in [-0.1, -0.05) is 32.0 Å². The van der Waals surface area contributed by atoms with Gasteiger partial charge >= 0.3 is 0 Å². The number of carbonyl (C=O) groups excluding carboxylic acids is 2. The predicted molar refractivity (Wildman–Crippen MR) is 102 cm³/mol. The van der Waals surface area contributed by atoms with Gasteiger partial charge in [0, 0.05) is 30.6 Å². The van der Waals surface area contributed by atoms with Gasteiger partial charge in [-0.05, 0) is 57.1 Å². The van der Waals surface area contributed by atoms with E-state index in [1.165, 1.54) is 0 Å². The molecule has 1 fully saturated rings. The van der Waals surface area contributed by atoms with Gasteiger partial charge in [0.1, 0.15) is 0 Å². The molecular formula is C21H32N2O2. The summed E-state index contributed by atoms with van der Waals surface area (Å²) in [6.07, 6.45) is 4.27. The quantitative estimate of drug-likeness (QED) is 0.812. The molecule has 0 spiro atoms. The fourth-order valence-corrected chi connectivity index (χ4v) is 3.52. The Bertz CT molecular complexity index is 548. The highest BCUT2D eigenvalue weighted by molar-refractivity contribution is 5.95. The number of nitrogens with zero attached hydrogens (tertiary/aromatic N) is 1. The molecule has 138 valence electrons. The minimum absolute atomic E-state index is 0.0415. The summed E-state index contributed by atoms with van der Waals surface area (Å²) in [5.41, 5.74) is 0.962. The van der Waals surface area contributed by atoms with Crippen molar-refractivity contribution >= 4 is 17.5 Å². The van der Waals surface area contributed by atoms with E-state index in [2.05, 4.69) is 19.2 Å². The van der Waals surface area contributed by atoms with Crippen LogP contribution in [0.3, 0.4) is 0 Å². The molecule has 0 heterocycles. The van der Waals surface area contributed by atoms with Crippen LogP contribution in [0.25, 0.3) is 0 Å². The van der Waals surface area contributed by atoms with Crippen molar-refractivity contribution in [3.8, 4) is 0 Å². The van der Waals surface area contributed by atoms with Crippen molar-refractivity contribution in [1.82, 2.24) is 5.32 Å².